The molecule has 0 rings (SSSR count). The van der Waals surface area contributed by atoms with Crippen molar-refractivity contribution >= 4 is 16.0 Å². The van der Waals surface area contributed by atoms with Gasteiger partial charge in [0.25, 0.3) is 0 Å². The summed E-state index contributed by atoms with van der Waals surface area (Å²) in [6.45, 7) is 0. The summed E-state index contributed by atoms with van der Waals surface area (Å²) >= 11 is 0. The van der Waals surface area contributed by atoms with Gasteiger partial charge in [-0.15, -0.1) is 4.89 Å². The zero-order valence-corrected chi connectivity index (χ0v) is 5.38. The van der Waals surface area contributed by atoms with Gasteiger partial charge in [0.15, 0.2) is 0 Å². The van der Waals surface area contributed by atoms with Crippen molar-refractivity contribution in [1.82, 2.24) is 0 Å². The van der Waals surface area contributed by atoms with E-state index in [1.807, 2.05) is 0 Å². The normalized spacial score (nSPS) is 17.4. The zero-order chi connectivity index (χ0) is 6.78. The molecule has 56 valence electrons. The summed E-state index contributed by atoms with van der Waals surface area (Å²) in [5, 5.41) is 0. The maximum Gasteiger partial charge on any atom is 0.704 e. The van der Waals surface area contributed by atoms with Gasteiger partial charge in [-0.2, -0.15) is 0 Å². The first kappa shape index (κ1) is 11.9. The van der Waals surface area contributed by atoms with E-state index in [1.54, 1.807) is 0 Å². The summed E-state index contributed by atoms with van der Waals surface area (Å²) in [7, 11) is -7.33. The van der Waals surface area contributed by atoms with Crippen LogP contribution in [0.4, 0.5) is 0 Å². The molecule has 0 aromatic rings. The molecule has 0 bridgehead atoms. The molecule has 8 heteroatoms. The van der Waals surface area contributed by atoms with E-state index in [-0.39, 0.29) is 7.43 Å². The quantitative estimate of drug-likeness (QED) is 0.523. The number of hydrogen-bond acceptors (Lipinski definition) is 3. The molecule has 2 atom stereocenters. The van der Waals surface area contributed by atoms with Crippen molar-refractivity contribution in [1.29, 1.82) is 0 Å². The molecular formula is CH8NO5P2+. The molecule has 0 radical (unpaired) electrons. The highest BCUT2D eigenvalue weighted by molar-refractivity contribution is 7.57. The molecule has 0 heterocycles. The first-order valence-electron chi connectivity index (χ1n) is 1.39. The van der Waals surface area contributed by atoms with Crippen molar-refractivity contribution in [2.24, 2.45) is 5.50 Å². The van der Waals surface area contributed by atoms with Crippen molar-refractivity contribution in [3.63, 3.8) is 0 Å². The molecular weight excluding hydrogens is 168 g/mol. The third-order valence-corrected chi connectivity index (χ3v) is 1.68. The third-order valence-electron chi connectivity index (χ3n) is 0.187. The van der Waals surface area contributed by atoms with E-state index in [1.165, 1.54) is 0 Å². The molecule has 0 aliphatic carbocycles. The van der Waals surface area contributed by atoms with Crippen molar-refractivity contribution in [3.05, 3.63) is 0 Å². The van der Waals surface area contributed by atoms with Gasteiger partial charge in [-0.05, 0) is 4.31 Å². The molecule has 0 aliphatic rings. The molecule has 0 aliphatic heterocycles. The predicted molar refractivity (Wildman–Crippen MR) is 31.7 cm³/mol. The van der Waals surface area contributed by atoms with Crippen LogP contribution in [0.3, 0.4) is 0 Å². The first-order chi connectivity index (χ1) is 3.42. The molecule has 0 saturated carbocycles. The maximum absolute atomic E-state index is 9.79. The Hall–Kier alpha value is 0.170. The zero-order valence-electron chi connectivity index (χ0n) is 3.59. The summed E-state index contributed by atoms with van der Waals surface area (Å²) in [6.07, 6.45) is 0. The minimum Gasteiger partial charge on any atom is -0.310 e. The second-order valence-electron chi connectivity index (χ2n) is 0.884. The smallest absolute Gasteiger partial charge is 0.310 e. The number of hydrogen-bond donors (Lipinski definition) is 3. The van der Waals surface area contributed by atoms with Crippen molar-refractivity contribution in [3.8, 4) is 0 Å². The van der Waals surface area contributed by atoms with E-state index < -0.39 is 16.0 Å². The second kappa shape index (κ2) is 4.06. The lowest BCUT2D eigenvalue weighted by atomic mass is 12.0. The Bertz CT molecular complexity index is 138. The summed E-state index contributed by atoms with van der Waals surface area (Å²) in [6, 6.07) is 0. The third kappa shape index (κ3) is 11.6. The fraction of sp³-hybridized carbons (Fsp3) is 1.00. The summed E-state index contributed by atoms with van der Waals surface area (Å²) < 4.78 is 22.7. The average Bonchev–Trinajstić information content (AvgIpc) is 1.21. The van der Waals surface area contributed by atoms with Gasteiger partial charge in [-0.3, -0.25) is 0 Å². The van der Waals surface area contributed by atoms with Crippen molar-refractivity contribution < 1.29 is 23.2 Å². The van der Waals surface area contributed by atoms with Gasteiger partial charge in [0.05, 0.1) is 0 Å². The van der Waals surface area contributed by atoms with Crippen LogP contribution in [0.25, 0.3) is 0 Å². The molecule has 0 saturated heterocycles. The van der Waals surface area contributed by atoms with E-state index in [0.29, 0.717) is 0 Å². The van der Waals surface area contributed by atoms with E-state index in [2.05, 4.69) is 9.81 Å². The van der Waals surface area contributed by atoms with E-state index in [0.717, 1.165) is 0 Å². The second-order valence-corrected chi connectivity index (χ2v) is 3.14. The van der Waals surface area contributed by atoms with Crippen LogP contribution in [-0.2, 0) is 13.4 Å². The average molecular weight is 176 g/mol. The van der Waals surface area contributed by atoms with Crippen molar-refractivity contribution in [2.75, 3.05) is 0 Å². The highest BCUT2D eigenvalue weighted by Crippen LogP contribution is 2.41. The predicted octanol–water partition coefficient (Wildman–Crippen LogP) is 0.348. The Morgan fingerprint density at radius 1 is 1.67 bits per heavy atom. The van der Waals surface area contributed by atoms with E-state index in [4.69, 9.17) is 9.79 Å². The van der Waals surface area contributed by atoms with Gasteiger partial charge in [0, 0.05) is 4.57 Å². The van der Waals surface area contributed by atoms with Crippen LogP contribution in [0.1, 0.15) is 7.43 Å². The lowest BCUT2D eigenvalue weighted by Gasteiger charge is -1.88. The van der Waals surface area contributed by atoms with Crippen LogP contribution >= 0.6 is 16.0 Å². The van der Waals surface area contributed by atoms with Gasteiger partial charge in [-0.25, -0.2) is 10.1 Å². The SMILES string of the molecule is C.NP(=O)(O)O[P+](=O)O. The lowest BCUT2D eigenvalue weighted by molar-refractivity contribution is 0.351. The minimum atomic E-state index is -4.26. The Morgan fingerprint density at radius 2 is 2.00 bits per heavy atom. The number of rotatable bonds is 2. The molecule has 4 N–H and O–H groups in total. The monoisotopic (exact) mass is 176 g/mol. The molecule has 0 fully saturated rings. The molecule has 0 aromatic carbocycles. The topological polar surface area (TPSA) is 110 Å². The fourth-order valence-electron chi connectivity index (χ4n) is 0.100. The lowest BCUT2D eigenvalue weighted by Crippen LogP contribution is -1.91. The van der Waals surface area contributed by atoms with Crippen LogP contribution in [0, 0.1) is 0 Å². The van der Waals surface area contributed by atoms with Gasteiger partial charge in [-0.1, -0.05) is 7.43 Å². The molecule has 0 aromatic heterocycles. The van der Waals surface area contributed by atoms with Crippen LogP contribution < -0.4 is 5.50 Å². The summed E-state index contributed by atoms with van der Waals surface area (Å²) in [4.78, 5) is 15.7. The van der Waals surface area contributed by atoms with Crippen LogP contribution in [0.5, 0.6) is 0 Å². The molecule has 0 spiro atoms. The maximum atomic E-state index is 9.79. The Kier molecular flexibility index (Phi) is 5.37. The largest absolute Gasteiger partial charge is 0.704 e. The molecule has 9 heavy (non-hydrogen) atoms. The molecule has 0 amide bonds. The molecule has 6 nitrogen and oxygen atoms in total. The Morgan fingerprint density at radius 3 is 2.00 bits per heavy atom. The standard InChI is InChI=1S/CH4.H3NO5P2/c;1-8(4,5)6-7(2)3/h1H4;(H3-,1,2,3,4,5)/p+1. The Balaban J connectivity index is 0. The first-order valence-corrected chi connectivity index (χ1v) is 4.17. The summed E-state index contributed by atoms with van der Waals surface area (Å²) in [5.41, 5.74) is 4.28. The van der Waals surface area contributed by atoms with Gasteiger partial charge in [0.1, 0.15) is 0 Å². The summed E-state index contributed by atoms with van der Waals surface area (Å²) in [5.74, 6) is 0. The highest BCUT2D eigenvalue weighted by Gasteiger charge is 2.27. The van der Waals surface area contributed by atoms with Crippen LogP contribution in [-0.4, -0.2) is 9.79 Å². The Labute approximate surface area is 53.2 Å². The highest BCUT2D eigenvalue weighted by atomic mass is 31.2. The van der Waals surface area contributed by atoms with Crippen LogP contribution in [0.15, 0.2) is 0 Å². The van der Waals surface area contributed by atoms with E-state index in [9.17, 15) is 9.13 Å². The van der Waals surface area contributed by atoms with Gasteiger partial charge in [0.2, 0.25) is 0 Å². The number of nitrogens with two attached hydrogens (primary N) is 1. The van der Waals surface area contributed by atoms with Gasteiger partial charge < -0.3 is 4.89 Å². The van der Waals surface area contributed by atoms with Gasteiger partial charge >= 0.3 is 16.0 Å². The van der Waals surface area contributed by atoms with Crippen molar-refractivity contribution in [2.45, 2.75) is 7.43 Å². The van der Waals surface area contributed by atoms with Crippen LogP contribution in [0.2, 0.25) is 0 Å². The minimum absolute atomic E-state index is 0. The molecule has 2 unspecified atom stereocenters. The van der Waals surface area contributed by atoms with E-state index >= 15 is 0 Å². The fourth-order valence-corrected chi connectivity index (χ4v) is 0.901.